The molecule has 1 aromatic carbocycles. The monoisotopic (exact) mass is 391 g/mol. The Kier molecular flexibility index (Phi) is 5.29. The predicted molar refractivity (Wildman–Crippen MR) is 104 cm³/mol. The summed E-state index contributed by atoms with van der Waals surface area (Å²) >= 11 is 6.49. The van der Waals surface area contributed by atoms with Gasteiger partial charge in [0.1, 0.15) is 5.69 Å². The summed E-state index contributed by atoms with van der Waals surface area (Å²) < 4.78 is 11.4. The van der Waals surface area contributed by atoms with E-state index < -0.39 is 17.4 Å². The van der Waals surface area contributed by atoms with Crippen molar-refractivity contribution < 1.29 is 18.7 Å². The van der Waals surface area contributed by atoms with Gasteiger partial charge in [0.05, 0.1) is 11.1 Å². The maximum Gasteiger partial charge on any atom is 0.339 e. The molecule has 1 aliphatic rings. The van der Waals surface area contributed by atoms with Gasteiger partial charge in [-0.05, 0) is 51.2 Å². The van der Waals surface area contributed by atoms with Crippen LogP contribution in [0.1, 0.15) is 51.7 Å². The molecule has 0 saturated heterocycles. The highest BCUT2D eigenvalue weighted by Gasteiger charge is 2.30. The van der Waals surface area contributed by atoms with Crippen molar-refractivity contribution in [1.82, 2.24) is 0 Å². The lowest BCUT2D eigenvalue weighted by Crippen LogP contribution is -2.34. The number of halogens is 1. The molecule has 1 aromatic heterocycles. The number of aryl methyl sites for hydroxylation is 1. The minimum atomic E-state index is -0.514. The molecule has 0 fully saturated rings. The van der Waals surface area contributed by atoms with E-state index in [1.54, 1.807) is 19.9 Å². The van der Waals surface area contributed by atoms with Gasteiger partial charge in [-0.1, -0.05) is 11.6 Å². The van der Waals surface area contributed by atoms with Crippen LogP contribution in [0.4, 0.5) is 5.69 Å². The zero-order valence-electron chi connectivity index (χ0n) is 15.8. The molecule has 27 heavy (non-hydrogen) atoms. The molecule has 6 nitrogen and oxygen atoms in total. The number of imide groups is 1. The molecule has 0 spiro atoms. The van der Waals surface area contributed by atoms with Crippen LogP contribution in [0.15, 0.2) is 15.3 Å². The first-order valence-corrected chi connectivity index (χ1v) is 9.39. The first-order valence-electron chi connectivity index (χ1n) is 9.01. The third-order valence-corrected chi connectivity index (χ3v) is 4.88. The SMILES string of the molecule is CC(=O)N(C(C)=O)c1c(OC(C)C)c(Cl)cc2c3c(c(=O)oc12)CCCC3. The van der Waals surface area contributed by atoms with E-state index >= 15 is 0 Å². The second-order valence-electron chi connectivity index (χ2n) is 7.01. The van der Waals surface area contributed by atoms with Gasteiger partial charge in [-0.3, -0.25) is 9.59 Å². The maximum absolute atomic E-state index is 12.6. The number of carbonyl (C=O) groups is 2. The number of hydrogen-bond donors (Lipinski definition) is 0. The van der Waals surface area contributed by atoms with Gasteiger partial charge in [0.15, 0.2) is 11.3 Å². The molecule has 2 aromatic rings. The van der Waals surface area contributed by atoms with Crippen molar-refractivity contribution in [2.45, 2.75) is 59.5 Å². The van der Waals surface area contributed by atoms with E-state index in [0.717, 1.165) is 29.7 Å². The van der Waals surface area contributed by atoms with E-state index in [-0.39, 0.29) is 28.1 Å². The van der Waals surface area contributed by atoms with Gasteiger partial charge in [0.2, 0.25) is 11.8 Å². The van der Waals surface area contributed by atoms with Crippen LogP contribution in [-0.4, -0.2) is 17.9 Å². The van der Waals surface area contributed by atoms with Crippen LogP contribution < -0.4 is 15.3 Å². The summed E-state index contributed by atoms with van der Waals surface area (Å²) in [4.78, 5) is 38.0. The number of nitrogens with zero attached hydrogens (tertiary/aromatic N) is 1. The van der Waals surface area contributed by atoms with Crippen molar-refractivity contribution in [3.05, 3.63) is 32.6 Å². The highest BCUT2D eigenvalue weighted by atomic mass is 35.5. The van der Waals surface area contributed by atoms with Gasteiger partial charge in [-0.15, -0.1) is 0 Å². The molecule has 7 heteroatoms. The van der Waals surface area contributed by atoms with Gasteiger partial charge < -0.3 is 9.15 Å². The quantitative estimate of drug-likeness (QED) is 0.739. The van der Waals surface area contributed by atoms with Crippen molar-refractivity contribution in [2.24, 2.45) is 0 Å². The number of benzene rings is 1. The Bertz CT molecular complexity index is 978. The number of anilines is 1. The Morgan fingerprint density at radius 3 is 2.30 bits per heavy atom. The lowest BCUT2D eigenvalue weighted by molar-refractivity contribution is -0.124. The van der Waals surface area contributed by atoms with Gasteiger partial charge >= 0.3 is 5.63 Å². The molecular formula is C20H22ClNO5. The molecule has 0 radical (unpaired) electrons. The van der Waals surface area contributed by atoms with E-state index in [1.165, 1.54) is 13.8 Å². The number of hydrogen-bond acceptors (Lipinski definition) is 5. The summed E-state index contributed by atoms with van der Waals surface area (Å²) in [5, 5.41) is 0.910. The summed E-state index contributed by atoms with van der Waals surface area (Å²) in [6.45, 7) is 6.14. The Morgan fingerprint density at radius 1 is 1.15 bits per heavy atom. The number of ether oxygens (including phenoxy) is 1. The van der Waals surface area contributed by atoms with Crippen LogP contribution in [-0.2, 0) is 22.4 Å². The standard InChI is InChI=1S/C20H22ClNO5/c1-10(2)26-19-16(21)9-15-13-7-5-6-8-14(13)20(25)27-18(15)17(19)22(11(3)23)12(4)24/h9-10H,5-8H2,1-4H3. The molecule has 2 amide bonds. The Labute approximate surface area is 162 Å². The lowest BCUT2D eigenvalue weighted by atomic mass is 9.90. The van der Waals surface area contributed by atoms with Crippen LogP contribution in [0.25, 0.3) is 11.0 Å². The van der Waals surface area contributed by atoms with Gasteiger partial charge in [-0.2, -0.15) is 0 Å². The Morgan fingerprint density at radius 2 is 1.74 bits per heavy atom. The average Bonchev–Trinajstić information content (AvgIpc) is 2.58. The van der Waals surface area contributed by atoms with Crippen LogP contribution in [0.2, 0.25) is 5.02 Å². The molecule has 144 valence electrons. The van der Waals surface area contributed by atoms with Crippen LogP contribution in [0.5, 0.6) is 5.75 Å². The summed E-state index contributed by atoms with van der Waals surface area (Å²) in [6, 6.07) is 1.70. The third kappa shape index (κ3) is 3.46. The molecule has 1 heterocycles. The highest BCUT2D eigenvalue weighted by Crippen LogP contribution is 2.44. The van der Waals surface area contributed by atoms with E-state index in [0.29, 0.717) is 17.4 Å². The minimum Gasteiger partial charge on any atom is -0.487 e. The molecule has 0 aliphatic heterocycles. The van der Waals surface area contributed by atoms with E-state index in [1.807, 2.05) is 0 Å². The van der Waals surface area contributed by atoms with E-state index in [9.17, 15) is 14.4 Å². The average molecular weight is 392 g/mol. The smallest absolute Gasteiger partial charge is 0.339 e. The first-order chi connectivity index (χ1) is 12.7. The minimum absolute atomic E-state index is 0.0941. The number of amides is 2. The topological polar surface area (TPSA) is 76.8 Å². The van der Waals surface area contributed by atoms with Gasteiger partial charge in [-0.25, -0.2) is 9.69 Å². The third-order valence-electron chi connectivity index (χ3n) is 4.60. The van der Waals surface area contributed by atoms with Crippen LogP contribution in [0, 0.1) is 0 Å². The fourth-order valence-corrected chi connectivity index (χ4v) is 3.84. The number of rotatable bonds is 3. The molecule has 1 aliphatic carbocycles. The van der Waals surface area contributed by atoms with Crippen LogP contribution >= 0.6 is 11.6 Å². The second kappa shape index (κ2) is 7.35. The van der Waals surface area contributed by atoms with E-state index in [2.05, 4.69) is 0 Å². The van der Waals surface area contributed by atoms with Crippen LogP contribution in [0.3, 0.4) is 0 Å². The molecular weight excluding hydrogens is 370 g/mol. The predicted octanol–water partition coefficient (Wildman–Crippen LogP) is 4.01. The fraction of sp³-hybridized carbons (Fsp3) is 0.450. The lowest BCUT2D eigenvalue weighted by Gasteiger charge is -2.25. The van der Waals surface area contributed by atoms with Gasteiger partial charge in [0.25, 0.3) is 0 Å². The van der Waals surface area contributed by atoms with Crippen molar-refractivity contribution in [1.29, 1.82) is 0 Å². The zero-order valence-corrected chi connectivity index (χ0v) is 16.6. The Balaban J connectivity index is 2.47. The largest absolute Gasteiger partial charge is 0.487 e. The molecule has 0 unspecified atom stereocenters. The number of fused-ring (bicyclic) bond motifs is 3. The zero-order chi connectivity index (χ0) is 19.9. The molecule has 0 bridgehead atoms. The first kappa shape index (κ1) is 19.4. The maximum atomic E-state index is 12.6. The normalized spacial score (nSPS) is 13.6. The molecule has 0 N–H and O–H groups in total. The highest BCUT2D eigenvalue weighted by molar-refractivity contribution is 6.34. The molecule has 3 rings (SSSR count). The van der Waals surface area contributed by atoms with Crippen molar-refractivity contribution in [2.75, 3.05) is 4.90 Å². The molecule has 0 saturated carbocycles. The van der Waals surface area contributed by atoms with Crippen molar-refractivity contribution in [3.63, 3.8) is 0 Å². The fourth-order valence-electron chi connectivity index (χ4n) is 3.60. The summed E-state index contributed by atoms with van der Waals surface area (Å²) in [6.07, 6.45) is 2.98. The Hall–Kier alpha value is -2.34. The second-order valence-corrected chi connectivity index (χ2v) is 7.41. The molecule has 0 atom stereocenters. The summed E-state index contributed by atoms with van der Waals surface area (Å²) in [7, 11) is 0. The van der Waals surface area contributed by atoms with E-state index in [4.69, 9.17) is 20.8 Å². The number of carbonyl (C=O) groups excluding carboxylic acids is 2. The van der Waals surface area contributed by atoms with Crippen molar-refractivity contribution >= 4 is 40.1 Å². The van der Waals surface area contributed by atoms with Gasteiger partial charge in [0, 0.05) is 24.8 Å². The van der Waals surface area contributed by atoms with Crippen molar-refractivity contribution in [3.8, 4) is 5.75 Å². The summed E-state index contributed by atoms with van der Waals surface area (Å²) in [5.74, 6) is -0.872. The summed E-state index contributed by atoms with van der Waals surface area (Å²) in [5.41, 5.74) is 1.33.